The van der Waals surface area contributed by atoms with E-state index < -0.39 is 5.97 Å². The van der Waals surface area contributed by atoms with Gasteiger partial charge in [0.2, 0.25) is 0 Å². The Hall–Kier alpha value is -2.09. The molecule has 2 aromatic carbocycles. The van der Waals surface area contributed by atoms with E-state index in [1.807, 2.05) is 24.3 Å². The van der Waals surface area contributed by atoms with Crippen LogP contribution in [-0.4, -0.2) is 11.1 Å². The number of aromatic carboxylic acids is 1. The topological polar surface area (TPSA) is 37.3 Å². The molecule has 0 amide bonds. The Balaban J connectivity index is 2.44. The van der Waals surface area contributed by atoms with Gasteiger partial charge in [-0.3, -0.25) is 0 Å². The van der Waals surface area contributed by atoms with Gasteiger partial charge in [0, 0.05) is 0 Å². The molecular weight excluding hydrogens is 236 g/mol. The normalized spacial score (nSPS) is 10.4. The van der Waals surface area contributed by atoms with Gasteiger partial charge in [-0.05, 0) is 41.7 Å². The fraction of sp³-hybridized carbons (Fsp3) is 0.235. The molecule has 0 unspecified atom stereocenters. The lowest BCUT2D eigenvalue weighted by molar-refractivity contribution is 0.0697. The van der Waals surface area contributed by atoms with E-state index in [2.05, 4.69) is 19.1 Å². The average molecular weight is 254 g/mol. The Morgan fingerprint density at radius 3 is 2.47 bits per heavy atom. The van der Waals surface area contributed by atoms with E-state index >= 15 is 0 Å². The van der Waals surface area contributed by atoms with E-state index in [1.165, 1.54) is 0 Å². The first-order chi connectivity index (χ1) is 9.22. The van der Waals surface area contributed by atoms with Crippen molar-refractivity contribution in [2.45, 2.75) is 26.2 Å². The number of carboxylic acid groups (broad SMARTS) is 1. The van der Waals surface area contributed by atoms with Crippen LogP contribution in [0.4, 0.5) is 0 Å². The third-order valence-corrected chi connectivity index (χ3v) is 3.24. The molecule has 0 aliphatic rings. The van der Waals surface area contributed by atoms with Crippen LogP contribution in [0.25, 0.3) is 11.1 Å². The van der Waals surface area contributed by atoms with Crippen LogP contribution in [0.1, 0.15) is 35.7 Å². The van der Waals surface area contributed by atoms with Crippen molar-refractivity contribution in [1.29, 1.82) is 0 Å². The highest BCUT2D eigenvalue weighted by Gasteiger charge is 2.09. The Kier molecular flexibility index (Phi) is 4.35. The van der Waals surface area contributed by atoms with Gasteiger partial charge in [0.1, 0.15) is 0 Å². The van der Waals surface area contributed by atoms with Crippen LogP contribution in [0.15, 0.2) is 48.5 Å². The first kappa shape index (κ1) is 13.3. The molecule has 0 atom stereocenters. The Morgan fingerprint density at radius 2 is 1.84 bits per heavy atom. The maximum absolute atomic E-state index is 11.1. The lowest BCUT2D eigenvalue weighted by atomic mass is 9.94. The summed E-state index contributed by atoms with van der Waals surface area (Å²) in [6.07, 6.45) is 3.09. The highest BCUT2D eigenvalue weighted by molar-refractivity contribution is 5.89. The molecule has 2 nitrogen and oxygen atoms in total. The van der Waals surface area contributed by atoms with Gasteiger partial charge in [0.05, 0.1) is 5.56 Å². The zero-order valence-corrected chi connectivity index (χ0v) is 11.1. The van der Waals surface area contributed by atoms with E-state index in [9.17, 15) is 4.79 Å². The first-order valence-corrected chi connectivity index (χ1v) is 6.64. The highest BCUT2D eigenvalue weighted by atomic mass is 16.4. The van der Waals surface area contributed by atoms with Crippen molar-refractivity contribution in [2.75, 3.05) is 0 Å². The van der Waals surface area contributed by atoms with Crippen LogP contribution in [0.2, 0.25) is 0 Å². The fourth-order valence-corrected chi connectivity index (χ4v) is 2.20. The Bertz CT molecular complexity index is 559. The molecular formula is C17H18O2. The molecule has 2 heteroatoms. The Labute approximate surface area is 113 Å². The van der Waals surface area contributed by atoms with Crippen molar-refractivity contribution in [3.63, 3.8) is 0 Å². The standard InChI is InChI=1S/C17H18O2/c1-2-3-7-14-12-15(17(18)19)10-11-16(14)13-8-5-4-6-9-13/h4-6,8-12H,2-3,7H2,1H3,(H,18,19). The number of hydrogen-bond donors (Lipinski definition) is 1. The van der Waals surface area contributed by atoms with Crippen molar-refractivity contribution in [1.82, 2.24) is 0 Å². The lowest BCUT2D eigenvalue weighted by Crippen LogP contribution is -1.99. The summed E-state index contributed by atoms with van der Waals surface area (Å²) in [5.74, 6) is -0.864. The van der Waals surface area contributed by atoms with Gasteiger partial charge < -0.3 is 5.11 Å². The van der Waals surface area contributed by atoms with Crippen LogP contribution < -0.4 is 0 Å². The first-order valence-electron chi connectivity index (χ1n) is 6.64. The minimum atomic E-state index is -0.864. The second-order valence-corrected chi connectivity index (χ2v) is 4.65. The van der Waals surface area contributed by atoms with Gasteiger partial charge >= 0.3 is 5.97 Å². The molecule has 0 fully saturated rings. The number of benzene rings is 2. The minimum Gasteiger partial charge on any atom is -0.478 e. The SMILES string of the molecule is CCCCc1cc(C(=O)O)ccc1-c1ccccc1. The minimum absolute atomic E-state index is 0.366. The summed E-state index contributed by atoms with van der Waals surface area (Å²) in [4.78, 5) is 11.1. The predicted molar refractivity (Wildman–Crippen MR) is 77.4 cm³/mol. The zero-order valence-electron chi connectivity index (χ0n) is 11.1. The molecule has 0 bridgehead atoms. The molecule has 98 valence electrons. The molecule has 1 N–H and O–H groups in total. The van der Waals surface area contributed by atoms with Gasteiger partial charge in [-0.15, -0.1) is 0 Å². The smallest absolute Gasteiger partial charge is 0.335 e. The van der Waals surface area contributed by atoms with Gasteiger partial charge in [-0.1, -0.05) is 49.7 Å². The third-order valence-electron chi connectivity index (χ3n) is 3.24. The van der Waals surface area contributed by atoms with Crippen molar-refractivity contribution in [2.24, 2.45) is 0 Å². The summed E-state index contributed by atoms with van der Waals surface area (Å²) in [6.45, 7) is 2.14. The number of carbonyl (C=O) groups is 1. The average Bonchev–Trinajstić information content (AvgIpc) is 2.45. The van der Waals surface area contributed by atoms with E-state index in [1.54, 1.807) is 12.1 Å². The maximum atomic E-state index is 11.1. The summed E-state index contributed by atoms with van der Waals surface area (Å²) in [7, 11) is 0. The van der Waals surface area contributed by atoms with Crippen molar-refractivity contribution >= 4 is 5.97 Å². The van der Waals surface area contributed by atoms with Crippen molar-refractivity contribution in [3.8, 4) is 11.1 Å². The van der Waals surface area contributed by atoms with Crippen LogP contribution in [0.3, 0.4) is 0 Å². The summed E-state index contributed by atoms with van der Waals surface area (Å²) >= 11 is 0. The van der Waals surface area contributed by atoms with Crippen molar-refractivity contribution < 1.29 is 9.90 Å². The van der Waals surface area contributed by atoms with E-state index in [4.69, 9.17) is 5.11 Å². The molecule has 0 radical (unpaired) electrons. The summed E-state index contributed by atoms with van der Waals surface area (Å²) in [6, 6.07) is 15.5. The second kappa shape index (κ2) is 6.19. The monoisotopic (exact) mass is 254 g/mol. The van der Waals surface area contributed by atoms with Crippen LogP contribution in [0.5, 0.6) is 0 Å². The maximum Gasteiger partial charge on any atom is 0.335 e. The zero-order chi connectivity index (χ0) is 13.7. The Morgan fingerprint density at radius 1 is 1.11 bits per heavy atom. The molecule has 2 rings (SSSR count). The van der Waals surface area contributed by atoms with E-state index in [0.29, 0.717) is 5.56 Å². The molecule has 0 aliphatic carbocycles. The number of hydrogen-bond acceptors (Lipinski definition) is 1. The van der Waals surface area contributed by atoms with Crippen LogP contribution >= 0.6 is 0 Å². The molecule has 2 aromatic rings. The summed E-state index contributed by atoms with van der Waals surface area (Å²) in [5, 5.41) is 9.10. The molecule has 0 spiro atoms. The van der Waals surface area contributed by atoms with Gasteiger partial charge in [0.15, 0.2) is 0 Å². The molecule has 19 heavy (non-hydrogen) atoms. The number of carboxylic acids is 1. The van der Waals surface area contributed by atoms with Gasteiger partial charge in [0.25, 0.3) is 0 Å². The molecule has 0 heterocycles. The highest BCUT2D eigenvalue weighted by Crippen LogP contribution is 2.26. The lowest BCUT2D eigenvalue weighted by Gasteiger charge is -2.10. The molecule has 0 saturated heterocycles. The third kappa shape index (κ3) is 3.22. The molecule has 0 aromatic heterocycles. The largest absolute Gasteiger partial charge is 0.478 e. The number of aryl methyl sites for hydroxylation is 1. The van der Waals surface area contributed by atoms with E-state index in [-0.39, 0.29) is 0 Å². The molecule has 0 aliphatic heterocycles. The quantitative estimate of drug-likeness (QED) is 0.859. The predicted octanol–water partition coefficient (Wildman–Crippen LogP) is 4.39. The number of unbranched alkanes of at least 4 members (excludes halogenated alkanes) is 1. The van der Waals surface area contributed by atoms with Crippen molar-refractivity contribution in [3.05, 3.63) is 59.7 Å². The summed E-state index contributed by atoms with van der Waals surface area (Å²) in [5.41, 5.74) is 3.77. The fourth-order valence-electron chi connectivity index (χ4n) is 2.20. The van der Waals surface area contributed by atoms with Crippen LogP contribution in [-0.2, 0) is 6.42 Å². The second-order valence-electron chi connectivity index (χ2n) is 4.65. The van der Waals surface area contributed by atoms with Gasteiger partial charge in [-0.2, -0.15) is 0 Å². The number of rotatable bonds is 5. The van der Waals surface area contributed by atoms with Gasteiger partial charge in [-0.25, -0.2) is 4.79 Å². The summed E-state index contributed by atoms with van der Waals surface area (Å²) < 4.78 is 0. The van der Waals surface area contributed by atoms with E-state index in [0.717, 1.165) is 36.0 Å². The molecule has 0 saturated carbocycles. The van der Waals surface area contributed by atoms with Crippen LogP contribution in [0, 0.1) is 0 Å².